The van der Waals surface area contributed by atoms with Gasteiger partial charge >= 0.3 is 0 Å². The summed E-state index contributed by atoms with van der Waals surface area (Å²) in [5, 5.41) is 3.65. The second-order valence-electron chi connectivity index (χ2n) is 6.78. The van der Waals surface area contributed by atoms with Gasteiger partial charge in [-0.05, 0) is 56.9 Å². The molecule has 27 heavy (non-hydrogen) atoms. The zero-order chi connectivity index (χ0) is 18.6. The summed E-state index contributed by atoms with van der Waals surface area (Å²) in [5.41, 5.74) is 4.42. The second kappa shape index (κ2) is 8.01. The van der Waals surface area contributed by atoms with Crippen molar-refractivity contribution < 1.29 is 4.79 Å². The van der Waals surface area contributed by atoms with Crippen LogP contribution >= 0.6 is 11.8 Å². The normalized spacial score (nSPS) is 14.4. The van der Waals surface area contributed by atoms with Gasteiger partial charge < -0.3 is 5.32 Å². The zero-order valence-electron chi connectivity index (χ0n) is 15.4. The number of rotatable bonds is 5. The number of hydrogen-bond acceptors (Lipinski definition) is 3. The van der Waals surface area contributed by atoms with Gasteiger partial charge in [-0.3, -0.25) is 9.36 Å². The average molecular weight is 378 g/mol. The molecule has 0 bridgehead atoms. The highest BCUT2D eigenvalue weighted by molar-refractivity contribution is 8.00. The Labute approximate surface area is 164 Å². The molecule has 4 rings (SSSR count). The van der Waals surface area contributed by atoms with Crippen molar-refractivity contribution in [3.63, 3.8) is 0 Å². The monoisotopic (exact) mass is 377 g/mol. The van der Waals surface area contributed by atoms with Crippen molar-refractivity contribution >= 4 is 23.4 Å². The lowest BCUT2D eigenvalue weighted by atomic mass is 10.0. The van der Waals surface area contributed by atoms with Crippen molar-refractivity contribution in [2.24, 2.45) is 0 Å². The summed E-state index contributed by atoms with van der Waals surface area (Å²) in [6, 6.07) is 19.9. The zero-order valence-corrected chi connectivity index (χ0v) is 16.2. The molecule has 1 N–H and O–H groups in total. The van der Waals surface area contributed by atoms with Crippen LogP contribution in [0.2, 0.25) is 0 Å². The highest BCUT2D eigenvalue weighted by Gasteiger charge is 2.24. The molecular formula is C22H23N3OS. The number of aryl methyl sites for hydroxylation is 1. The van der Waals surface area contributed by atoms with Gasteiger partial charge in [0.1, 0.15) is 0 Å². The van der Waals surface area contributed by atoms with Gasteiger partial charge in [-0.15, -0.1) is 0 Å². The average Bonchev–Trinajstić information content (AvgIpc) is 3.07. The molecule has 1 atom stereocenters. The van der Waals surface area contributed by atoms with Gasteiger partial charge in [0.2, 0.25) is 5.91 Å². The van der Waals surface area contributed by atoms with Gasteiger partial charge in [0.25, 0.3) is 0 Å². The van der Waals surface area contributed by atoms with Crippen molar-refractivity contribution in [1.82, 2.24) is 9.55 Å². The molecule has 0 spiro atoms. The number of carbonyl (C=O) groups is 1. The van der Waals surface area contributed by atoms with Crippen molar-refractivity contribution in [3.05, 3.63) is 72.1 Å². The molecule has 4 nitrogen and oxygen atoms in total. The Balaban J connectivity index is 1.60. The van der Waals surface area contributed by atoms with Crippen molar-refractivity contribution in [2.75, 3.05) is 5.32 Å². The molecule has 0 radical (unpaired) electrons. The largest absolute Gasteiger partial charge is 0.325 e. The fourth-order valence-electron chi connectivity index (χ4n) is 3.42. The molecule has 3 aromatic rings. The number of imidazole rings is 1. The van der Waals surface area contributed by atoms with Crippen LogP contribution in [-0.4, -0.2) is 20.7 Å². The number of carbonyl (C=O) groups excluding carboxylic acids is 1. The van der Waals surface area contributed by atoms with E-state index in [9.17, 15) is 4.79 Å². The minimum Gasteiger partial charge on any atom is -0.325 e. The van der Waals surface area contributed by atoms with Gasteiger partial charge in [0, 0.05) is 17.1 Å². The fraction of sp³-hybridized carbons (Fsp3) is 0.273. The summed E-state index contributed by atoms with van der Waals surface area (Å²) in [6.45, 7) is 1.94. The van der Waals surface area contributed by atoms with E-state index in [1.807, 2.05) is 55.5 Å². The molecule has 1 aliphatic rings. The molecule has 1 heterocycles. The third-order valence-corrected chi connectivity index (χ3v) is 5.86. The standard InChI is InChI=1S/C22H23N3OS/c1-16(21(26)23-17-10-4-2-5-11-17)27-22-24-19-14-8-9-15-20(19)25(22)18-12-6-3-7-13-18/h2-7,10-13,16H,8-9,14-15H2,1H3,(H,23,26). The van der Waals surface area contributed by atoms with Gasteiger partial charge in [0.05, 0.1) is 10.9 Å². The first-order valence-corrected chi connectivity index (χ1v) is 10.3. The molecule has 5 heteroatoms. The van der Waals surface area contributed by atoms with E-state index in [1.54, 1.807) is 0 Å². The number of fused-ring (bicyclic) bond motifs is 1. The van der Waals surface area contributed by atoms with Gasteiger partial charge in [-0.1, -0.05) is 48.2 Å². The Morgan fingerprint density at radius 1 is 1.04 bits per heavy atom. The van der Waals surface area contributed by atoms with E-state index >= 15 is 0 Å². The van der Waals surface area contributed by atoms with E-state index in [0.29, 0.717) is 0 Å². The minimum absolute atomic E-state index is 0.00761. The summed E-state index contributed by atoms with van der Waals surface area (Å²) in [5.74, 6) is -0.00761. The maximum Gasteiger partial charge on any atom is 0.237 e. The van der Waals surface area contributed by atoms with E-state index < -0.39 is 0 Å². The van der Waals surface area contributed by atoms with Crippen LogP contribution in [0.3, 0.4) is 0 Å². The van der Waals surface area contributed by atoms with Gasteiger partial charge in [-0.25, -0.2) is 4.98 Å². The van der Waals surface area contributed by atoms with Gasteiger partial charge in [0.15, 0.2) is 5.16 Å². The van der Waals surface area contributed by atoms with E-state index in [-0.39, 0.29) is 11.2 Å². The summed E-state index contributed by atoms with van der Waals surface area (Å²) in [7, 11) is 0. The van der Waals surface area contributed by atoms with Crippen molar-refractivity contribution in [2.45, 2.75) is 43.0 Å². The predicted octanol–water partition coefficient (Wildman–Crippen LogP) is 4.87. The highest BCUT2D eigenvalue weighted by atomic mass is 32.2. The number of thioether (sulfide) groups is 1. The molecule has 0 aliphatic heterocycles. The third-order valence-electron chi connectivity index (χ3n) is 4.81. The Morgan fingerprint density at radius 3 is 2.44 bits per heavy atom. The molecule has 1 amide bonds. The maximum absolute atomic E-state index is 12.6. The molecular weight excluding hydrogens is 354 g/mol. The number of nitrogens with one attached hydrogen (secondary N) is 1. The van der Waals surface area contributed by atoms with Crippen LogP contribution in [0, 0.1) is 0 Å². The first-order valence-electron chi connectivity index (χ1n) is 9.41. The third kappa shape index (κ3) is 3.93. The van der Waals surface area contributed by atoms with Crippen LogP contribution in [-0.2, 0) is 17.6 Å². The van der Waals surface area contributed by atoms with Crippen LogP contribution < -0.4 is 5.32 Å². The highest BCUT2D eigenvalue weighted by Crippen LogP contribution is 2.32. The molecule has 1 unspecified atom stereocenters. The fourth-order valence-corrected chi connectivity index (χ4v) is 4.38. The Kier molecular flexibility index (Phi) is 5.30. The number of aromatic nitrogens is 2. The molecule has 1 aliphatic carbocycles. The lowest BCUT2D eigenvalue weighted by Gasteiger charge is -2.16. The van der Waals surface area contributed by atoms with E-state index in [4.69, 9.17) is 4.98 Å². The number of amides is 1. The first-order chi connectivity index (χ1) is 13.2. The molecule has 0 saturated heterocycles. The Bertz CT molecular complexity index is 921. The number of para-hydroxylation sites is 2. The predicted molar refractivity (Wildman–Crippen MR) is 111 cm³/mol. The van der Waals surface area contributed by atoms with Crippen LogP contribution in [0.15, 0.2) is 65.8 Å². The van der Waals surface area contributed by atoms with Crippen LogP contribution in [0.5, 0.6) is 0 Å². The van der Waals surface area contributed by atoms with Crippen molar-refractivity contribution in [3.8, 4) is 5.69 Å². The minimum atomic E-state index is -0.239. The van der Waals surface area contributed by atoms with E-state index in [1.165, 1.54) is 36.0 Å². The van der Waals surface area contributed by atoms with Gasteiger partial charge in [-0.2, -0.15) is 0 Å². The number of benzene rings is 2. The topological polar surface area (TPSA) is 46.9 Å². The molecule has 2 aromatic carbocycles. The lowest BCUT2D eigenvalue weighted by molar-refractivity contribution is -0.115. The maximum atomic E-state index is 12.6. The van der Waals surface area contributed by atoms with E-state index in [2.05, 4.69) is 22.0 Å². The number of nitrogens with zero attached hydrogens (tertiary/aromatic N) is 2. The quantitative estimate of drug-likeness (QED) is 0.645. The SMILES string of the molecule is CC(Sc1nc2c(n1-c1ccccc1)CCCC2)C(=O)Nc1ccccc1. The summed E-state index contributed by atoms with van der Waals surface area (Å²) in [6.07, 6.45) is 4.45. The molecule has 0 fully saturated rings. The smallest absolute Gasteiger partial charge is 0.237 e. The van der Waals surface area contributed by atoms with Crippen molar-refractivity contribution in [1.29, 1.82) is 0 Å². The number of anilines is 1. The molecule has 138 valence electrons. The second-order valence-corrected chi connectivity index (χ2v) is 8.09. The summed E-state index contributed by atoms with van der Waals surface area (Å²) in [4.78, 5) is 17.5. The molecule has 1 aromatic heterocycles. The van der Waals surface area contributed by atoms with Crippen LogP contribution in [0.25, 0.3) is 5.69 Å². The summed E-state index contributed by atoms with van der Waals surface area (Å²) < 4.78 is 2.24. The summed E-state index contributed by atoms with van der Waals surface area (Å²) >= 11 is 1.53. The number of hydrogen-bond donors (Lipinski definition) is 1. The van der Waals surface area contributed by atoms with Crippen LogP contribution in [0.1, 0.15) is 31.2 Å². The first kappa shape index (κ1) is 17.9. The van der Waals surface area contributed by atoms with Crippen LogP contribution in [0.4, 0.5) is 5.69 Å². The Morgan fingerprint density at radius 2 is 1.70 bits per heavy atom. The lowest BCUT2D eigenvalue weighted by Crippen LogP contribution is -2.22. The molecule has 0 saturated carbocycles. The van der Waals surface area contributed by atoms with E-state index in [0.717, 1.165) is 29.4 Å². The Hall–Kier alpha value is -2.53.